The monoisotopic (exact) mass is 806 g/mol. The molecule has 1 aromatic heterocycles. The number of aromatic amines is 1. The molecule has 8 heteroatoms. The highest BCUT2D eigenvalue weighted by atomic mass is 16.5. The number of esters is 1. The number of nitrogens with zero attached hydrogens (tertiary/aromatic N) is 2. The van der Waals surface area contributed by atoms with Gasteiger partial charge in [0.15, 0.2) is 0 Å². The molecule has 1 aromatic carbocycles. The minimum atomic E-state index is -0.817. The lowest BCUT2D eigenvalue weighted by Crippen LogP contribution is -2.67. The van der Waals surface area contributed by atoms with Crippen LogP contribution in [0.1, 0.15) is 151 Å². The van der Waals surface area contributed by atoms with Crippen LogP contribution in [0.15, 0.2) is 48.7 Å². The number of rotatable bonds is 7. The standard InChI is InChI=1S/C51H71N3O5/c1-30(2)32-19-24-51(45(58)54-27-13-16-37(54)42-52-29-36(53-42)31-14-11-10-12-15-31)26-25-49(8)33(41(32)51)17-18-39-48(7)22-21-40(47(5,6)38(48)20-23-50(39,49)9)59-44(57)35-28-34(43(55)56)46(35,3)4/h10-12,14-15,29,32-35,37-41H,1,13,16-28H2,2-9H3,(H,52,53)(H,55,56)/t32-,33+,34?,35+,37+,38?,39+,40-,41+,48-,49+,50+,51-/m0/s1. The third-order valence-electron chi connectivity index (χ3n) is 20.1. The van der Waals surface area contributed by atoms with Gasteiger partial charge in [0, 0.05) is 12.0 Å². The minimum Gasteiger partial charge on any atom is -0.481 e. The predicted molar refractivity (Wildman–Crippen MR) is 230 cm³/mol. The van der Waals surface area contributed by atoms with Gasteiger partial charge in [0.05, 0.1) is 35.2 Å². The maximum absolute atomic E-state index is 15.5. The van der Waals surface area contributed by atoms with Gasteiger partial charge in [-0.3, -0.25) is 14.4 Å². The second-order valence-corrected chi connectivity index (χ2v) is 22.8. The number of carbonyl (C=O) groups is 3. The summed E-state index contributed by atoms with van der Waals surface area (Å²) in [6, 6.07) is 10.3. The summed E-state index contributed by atoms with van der Waals surface area (Å²) in [6.07, 6.45) is 14.7. The third kappa shape index (κ3) is 5.71. The normalized spacial score (nSPS) is 43.0. The van der Waals surface area contributed by atoms with E-state index in [0.29, 0.717) is 41.9 Å². The molecule has 6 saturated carbocycles. The van der Waals surface area contributed by atoms with Crippen molar-refractivity contribution in [3.8, 4) is 11.3 Å². The number of hydrogen-bond acceptors (Lipinski definition) is 5. The molecule has 1 amide bonds. The van der Waals surface area contributed by atoms with E-state index in [0.717, 1.165) is 94.3 Å². The third-order valence-corrected chi connectivity index (χ3v) is 20.1. The molecule has 0 spiro atoms. The van der Waals surface area contributed by atoms with Crippen LogP contribution in [0.2, 0.25) is 0 Å². The van der Waals surface area contributed by atoms with Gasteiger partial charge >= 0.3 is 11.9 Å². The second kappa shape index (κ2) is 13.8. The fraction of sp³-hybridized carbons (Fsp3) is 0.725. The van der Waals surface area contributed by atoms with Crippen molar-refractivity contribution in [3.63, 3.8) is 0 Å². The van der Waals surface area contributed by atoms with E-state index in [4.69, 9.17) is 9.72 Å². The summed E-state index contributed by atoms with van der Waals surface area (Å²) in [5.74, 6) is 1.53. The van der Waals surface area contributed by atoms with Gasteiger partial charge in [-0.15, -0.1) is 0 Å². The van der Waals surface area contributed by atoms with Gasteiger partial charge in [-0.2, -0.15) is 0 Å². The van der Waals surface area contributed by atoms with E-state index in [-0.39, 0.29) is 51.1 Å². The van der Waals surface area contributed by atoms with E-state index in [2.05, 4.69) is 82.3 Å². The number of aliphatic carboxylic acids is 1. The number of likely N-dealkylation sites (tertiary alicyclic amines) is 1. The number of carboxylic acids is 1. The molecule has 7 fully saturated rings. The summed E-state index contributed by atoms with van der Waals surface area (Å²) >= 11 is 0. The molecule has 2 unspecified atom stereocenters. The Kier molecular flexibility index (Phi) is 9.58. The molecule has 8 nitrogen and oxygen atoms in total. The smallest absolute Gasteiger partial charge is 0.309 e. The van der Waals surface area contributed by atoms with E-state index in [1.54, 1.807) is 0 Å². The number of amides is 1. The van der Waals surface area contributed by atoms with Crippen LogP contribution in [0, 0.1) is 73.9 Å². The summed E-state index contributed by atoms with van der Waals surface area (Å²) in [5.41, 5.74) is 2.60. The van der Waals surface area contributed by atoms with Crippen LogP contribution in [0.3, 0.4) is 0 Å². The van der Waals surface area contributed by atoms with Crippen molar-refractivity contribution in [2.45, 2.75) is 151 Å². The zero-order chi connectivity index (χ0) is 42.1. The lowest BCUT2D eigenvalue weighted by Gasteiger charge is -2.73. The van der Waals surface area contributed by atoms with Crippen molar-refractivity contribution in [1.29, 1.82) is 0 Å². The van der Waals surface area contributed by atoms with Gasteiger partial charge in [-0.05, 0) is 147 Å². The number of allylic oxidation sites excluding steroid dienone is 1. The van der Waals surface area contributed by atoms with Crippen molar-refractivity contribution >= 4 is 17.8 Å². The lowest BCUT2D eigenvalue weighted by molar-refractivity contribution is -0.251. The van der Waals surface area contributed by atoms with Gasteiger partial charge in [0.2, 0.25) is 5.91 Å². The minimum absolute atomic E-state index is 0.0183. The molecule has 1 saturated heterocycles. The fourth-order valence-corrected chi connectivity index (χ4v) is 16.5. The van der Waals surface area contributed by atoms with Crippen molar-refractivity contribution in [3.05, 3.63) is 54.5 Å². The van der Waals surface area contributed by atoms with Crippen molar-refractivity contribution in [2.24, 2.45) is 73.9 Å². The van der Waals surface area contributed by atoms with Crippen LogP contribution in [-0.4, -0.2) is 50.5 Å². The van der Waals surface area contributed by atoms with Crippen LogP contribution in [0.4, 0.5) is 0 Å². The van der Waals surface area contributed by atoms with Crippen molar-refractivity contribution in [1.82, 2.24) is 14.9 Å². The Morgan fingerprint density at radius 3 is 2.27 bits per heavy atom. The zero-order valence-electron chi connectivity index (χ0n) is 37.2. The highest BCUT2D eigenvalue weighted by Gasteiger charge is 2.72. The van der Waals surface area contributed by atoms with Gasteiger partial charge in [-0.1, -0.05) is 91.0 Å². The Morgan fingerprint density at radius 2 is 1.58 bits per heavy atom. The molecule has 7 aliphatic rings. The quantitative estimate of drug-likeness (QED) is 0.213. The highest BCUT2D eigenvalue weighted by molar-refractivity contribution is 5.85. The second-order valence-electron chi connectivity index (χ2n) is 22.8. The molecule has 6 aliphatic carbocycles. The maximum atomic E-state index is 15.5. The van der Waals surface area contributed by atoms with Crippen molar-refractivity contribution < 1.29 is 24.2 Å². The summed E-state index contributed by atoms with van der Waals surface area (Å²) in [6.45, 7) is 24.0. The number of imidazole rings is 1. The first-order valence-electron chi connectivity index (χ1n) is 23.3. The number of fused-ring (bicyclic) bond motifs is 7. The Hall–Kier alpha value is -3.42. The van der Waals surface area contributed by atoms with E-state index < -0.39 is 17.3 Å². The Balaban J connectivity index is 0.968. The summed E-state index contributed by atoms with van der Waals surface area (Å²) in [4.78, 5) is 51.8. The first kappa shape index (κ1) is 41.0. The topological polar surface area (TPSA) is 113 Å². The van der Waals surface area contributed by atoms with Crippen LogP contribution in [0.5, 0.6) is 0 Å². The molecule has 2 heterocycles. The molecular formula is C51H71N3O5. The fourth-order valence-electron chi connectivity index (χ4n) is 16.5. The maximum Gasteiger partial charge on any atom is 0.309 e. The molecule has 0 bridgehead atoms. The SMILES string of the molecule is C=C(C)[C@@H]1CC[C@]2(C(=O)N3CCC[C@@H]3c3ncc(-c4ccccc4)[nH]3)CC[C@]3(C)[C@H](CC[C@@H]4[C@@]5(C)CC[C@H](OC(=O)[C@H]6CC(C(=O)O)C6(C)C)C(C)(C)C5CC[C@]43C)[C@@H]12. The van der Waals surface area contributed by atoms with Crippen LogP contribution in [0.25, 0.3) is 11.3 Å². The highest BCUT2D eigenvalue weighted by Crippen LogP contribution is 2.78. The number of benzene rings is 1. The molecular weight excluding hydrogens is 735 g/mol. The van der Waals surface area contributed by atoms with Gasteiger partial charge in [0.25, 0.3) is 0 Å². The van der Waals surface area contributed by atoms with E-state index in [1.807, 2.05) is 26.1 Å². The lowest BCUT2D eigenvalue weighted by atomic mass is 9.32. The van der Waals surface area contributed by atoms with E-state index in [1.165, 1.54) is 12.0 Å². The average molecular weight is 806 g/mol. The number of nitrogens with one attached hydrogen (secondary N) is 1. The van der Waals surface area contributed by atoms with Gasteiger partial charge < -0.3 is 19.7 Å². The summed E-state index contributed by atoms with van der Waals surface area (Å²) in [7, 11) is 0. The number of ether oxygens (including phenoxy) is 1. The number of carbonyl (C=O) groups excluding carboxylic acids is 2. The number of H-pyrrole nitrogens is 1. The largest absolute Gasteiger partial charge is 0.481 e. The molecule has 13 atom stereocenters. The Bertz CT molecular complexity index is 2020. The predicted octanol–water partition coefficient (Wildman–Crippen LogP) is 11.1. The Morgan fingerprint density at radius 1 is 0.831 bits per heavy atom. The molecule has 1 aliphatic heterocycles. The molecule has 2 N–H and O–H groups in total. The summed E-state index contributed by atoms with van der Waals surface area (Å²) < 4.78 is 6.47. The first-order valence-corrected chi connectivity index (χ1v) is 23.3. The van der Waals surface area contributed by atoms with E-state index in [9.17, 15) is 14.7 Å². The van der Waals surface area contributed by atoms with E-state index >= 15 is 4.79 Å². The number of aromatic nitrogens is 2. The van der Waals surface area contributed by atoms with Gasteiger partial charge in [-0.25, -0.2) is 4.98 Å². The molecule has 320 valence electrons. The van der Waals surface area contributed by atoms with Crippen LogP contribution >= 0.6 is 0 Å². The first-order chi connectivity index (χ1) is 27.8. The zero-order valence-corrected chi connectivity index (χ0v) is 37.2. The number of hydrogen-bond donors (Lipinski definition) is 2. The van der Waals surface area contributed by atoms with Crippen LogP contribution in [-0.2, 0) is 19.1 Å². The number of carboxylic acid groups (broad SMARTS) is 1. The average Bonchev–Trinajstić information content (AvgIpc) is 3.95. The molecule has 0 radical (unpaired) electrons. The summed E-state index contributed by atoms with van der Waals surface area (Å²) in [5, 5.41) is 9.70. The van der Waals surface area contributed by atoms with Crippen LogP contribution < -0.4 is 0 Å². The molecule has 59 heavy (non-hydrogen) atoms. The molecule has 2 aromatic rings. The molecule has 9 rings (SSSR count). The van der Waals surface area contributed by atoms with Gasteiger partial charge in [0.1, 0.15) is 11.9 Å². The Labute approximate surface area is 353 Å². The van der Waals surface area contributed by atoms with Crippen molar-refractivity contribution in [2.75, 3.05) is 6.54 Å².